The van der Waals surface area contributed by atoms with Gasteiger partial charge in [0.1, 0.15) is 29.8 Å². The van der Waals surface area contributed by atoms with Crippen LogP contribution in [0.15, 0.2) is 37.1 Å². The van der Waals surface area contributed by atoms with Crippen molar-refractivity contribution in [3.8, 4) is 28.6 Å². The Bertz CT molecular complexity index is 1570. The van der Waals surface area contributed by atoms with Gasteiger partial charge in [-0.05, 0) is 25.0 Å². The molecule has 1 aromatic carbocycles. The summed E-state index contributed by atoms with van der Waals surface area (Å²) in [5.74, 6) is 2.42. The molecule has 4 heterocycles. The molecular formula is C25H25N7O3. The highest BCUT2D eigenvalue weighted by Gasteiger charge is 2.33. The Morgan fingerprint density at radius 3 is 2.57 bits per heavy atom. The van der Waals surface area contributed by atoms with Crippen LogP contribution >= 0.6 is 0 Å². The van der Waals surface area contributed by atoms with Gasteiger partial charge in [-0.1, -0.05) is 0 Å². The highest BCUT2D eigenvalue weighted by atomic mass is 16.5. The van der Waals surface area contributed by atoms with Crippen molar-refractivity contribution in [3.05, 3.63) is 48.3 Å². The van der Waals surface area contributed by atoms with Crippen molar-refractivity contribution >= 4 is 22.1 Å². The van der Waals surface area contributed by atoms with Crippen LogP contribution in [0.2, 0.25) is 0 Å². The number of aromatic nitrogens is 7. The first-order valence-corrected chi connectivity index (χ1v) is 11.4. The van der Waals surface area contributed by atoms with E-state index in [1.807, 2.05) is 36.1 Å². The number of hydrogen-bond acceptors (Lipinski definition) is 8. The molecule has 6 rings (SSSR count). The minimum absolute atomic E-state index is 0.403. The summed E-state index contributed by atoms with van der Waals surface area (Å²) < 4.78 is 20.7. The van der Waals surface area contributed by atoms with Crippen LogP contribution in [0.5, 0.6) is 17.4 Å². The molecule has 0 unspecified atom stereocenters. The zero-order chi connectivity index (χ0) is 24.1. The van der Waals surface area contributed by atoms with Crippen molar-refractivity contribution in [3.63, 3.8) is 0 Å². The van der Waals surface area contributed by atoms with Crippen molar-refractivity contribution in [1.29, 1.82) is 0 Å². The van der Waals surface area contributed by atoms with Crippen molar-refractivity contribution in [2.75, 3.05) is 21.3 Å². The van der Waals surface area contributed by atoms with Crippen LogP contribution in [-0.4, -0.2) is 55.6 Å². The Balaban J connectivity index is 1.61. The third kappa shape index (κ3) is 3.36. The summed E-state index contributed by atoms with van der Waals surface area (Å²) in [4.78, 5) is 18.0. The second kappa shape index (κ2) is 8.23. The zero-order valence-electron chi connectivity index (χ0n) is 20.0. The summed E-state index contributed by atoms with van der Waals surface area (Å²) in [6.07, 6.45) is 7.19. The van der Waals surface area contributed by atoms with E-state index in [9.17, 15) is 0 Å². The van der Waals surface area contributed by atoms with E-state index in [1.54, 1.807) is 34.0 Å². The van der Waals surface area contributed by atoms with E-state index in [4.69, 9.17) is 19.3 Å². The summed E-state index contributed by atoms with van der Waals surface area (Å²) in [5.41, 5.74) is 5.35. The molecule has 0 radical (unpaired) electrons. The van der Waals surface area contributed by atoms with Crippen LogP contribution in [0.1, 0.15) is 30.0 Å². The van der Waals surface area contributed by atoms with Crippen molar-refractivity contribution in [1.82, 2.24) is 34.3 Å². The average Bonchev–Trinajstić information content (AvgIpc) is 3.63. The average molecular weight is 472 g/mol. The number of hydrogen-bond donors (Lipinski definition) is 0. The lowest BCUT2D eigenvalue weighted by Gasteiger charge is -2.12. The molecule has 0 amide bonds. The maximum atomic E-state index is 5.70. The molecule has 0 atom stereocenters. The van der Waals surface area contributed by atoms with Gasteiger partial charge in [0.05, 0.1) is 50.2 Å². The van der Waals surface area contributed by atoms with E-state index in [-0.39, 0.29) is 0 Å². The molecule has 10 nitrogen and oxygen atoms in total. The Kier molecular flexibility index (Phi) is 5.01. The summed E-state index contributed by atoms with van der Waals surface area (Å²) in [6.45, 7) is 0.512. The lowest BCUT2D eigenvalue weighted by atomic mass is 10.0. The molecule has 4 aromatic heterocycles. The minimum atomic E-state index is 0.403. The van der Waals surface area contributed by atoms with Gasteiger partial charge in [0, 0.05) is 36.2 Å². The molecule has 0 saturated heterocycles. The van der Waals surface area contributed by atoms with Crippen LogP contribution in [0.4, 0.5) is 0 Å². The second-order valence-corrected chi connectivity index (χ2v) is 8.61. The molecule has 0 bridgehead atoms. The lowest BCUT2D eigenvalue weighted by molar-refractivity contribution is 0.390. The summed E-state index contributed by atoms with van der Waals surface area (Å²) in [6, 6.07) is 5.80. The molecule has 1 aliphatic carbocycles. The molecule has 5 aromatic rings. The first-order chi connectivity index (χ1) is 17.1. The van der Waals surface area contributed by atoms with Crippen LogP contribution in [-0.2, 0) is 13.6 Å². The minimum Gasteiger partial charge on any atom is -0.497 e. The second-order valence-electron chi connectivity index (χ2n) is 8.61. The number of ether oxygens (including phenoxy) is 3. The van der Waals surface area contributed by atoms with E-state index < -0.39 is 0 Å². The van der Waals surface area contributed by atoms with Gasteiger partial charge < -0.3 is 18.8 Å². The molecule has 0 spiro atoms. The van der Waals surface area contributed by atoms with Crippen LogP contribution < -0.4 is 14.2 Å². The molecule has 35 heavy (non-hydrogen) atoms. The Hall–Kier alpha value is -4.21. The molecule has 0 aliphatic heterocycles. The number of rotatable bonds is 7. The maximum Gasteiger partial charge on any atom is 0.226 e. The van der Waals surface area contributed by atoms with E-state index in [0.717, 1.165) is 68.9 Å². The molecule has 1 fully saturated rings. The lowest BCUT2D eigenvalue weighted by Crippen LogP contribution is -2.05. The van der Waals surface area contributed by atoms with Gasteiger partial charge in [0.25, 0.3) is 0 Å². The molecular weight excluding hydrogens is 446 g/mol. The van der Waals surface area contributed by atoms with E-state index in [0.29, 0.717) is 18.3 Å². The van der Waals surface area contributed by atoms with Crippen molar-refractivity contribution in [2.24, 2.45) is 7.05 Å². The molecule has 0 N–H and O–H groups in total. The fourth-order valence-electron chi connectivity index (χ4n) is 4.78. The highest BCUT2D eigenvalue weighted by Crippen LogP contribution is 2.48. The van der Waals surface area contributed by atoms with Gasteiger partial charge >= 0.3 is 0 Å². The van der Waals surface area contributed by atoms with E-state index >= 15 is 0 Å². The number of benzene rings is 1. The predicted octanol–water partition coefficient (Wildman–Crippen LogP) is 3.73. The topological polar surface area (TPSA) is 102 Å². The fourth-order valence-corrected chi connectivity index (χ4v) is 4.78. The Morgan fingerprint density at radius 2 is 1.83 bits per heavy atom. The first kappa shape index (κ1) is 21.3. The van der Waals surface area contributed by atoms with Gasteiger partial charge in [0.2, 0.25) is 5.88 Å². The van der Waals surface area contributed by atoms with Gasteiger partial charge in [0.15, 0.2) is 5.65 Å². The first-order valence-electron chi connectivity index (χ1n) is 11.4. The van der Waals surface area contributed by atoms with Gasteiger partial charge in [-0.3, -0.25) is 4.68 Å². The summed E-state index contributed by atoms with van der Waals surface area (Å²) in [7, 11) is 6.87. The largest absolute Gasteiger partial charge is 0.497 e. The smallest absolute Gasteiger partial charge is 0.226 e. The Labute approximate surface area is 201 Å². The number of methoxy groups -OCH3 is 3. The quantitative estimate of drug-likeness (QED) is 0.354. The van der Waals surface area contributed by atoms with Gasteiger partial charge in [-0.15, -0.1) is 0 Å². The standard InChI is InChI=1S/C25H25N7O3/c1-31-22(20-21(14-5-6-14)27-13-29-25(20)35-4)19-17-10-26-12-28-23(17)32(24(19)30-31)11-15-7-8-16(33-2)9-18(15)34-3/h7-10,12-14H,5-6,11H2,1-4H3. The molecule has 1 saturated carbocycles. The normalized spacial score (nSPS) is 13.5. The molecule has 10 heteroatoms. The van der Waals surface area contributed by atoms with Crippen LogP contribution in [0, 0.1) is 0 Å². The third-order valence-electron chi connectivity index (χ3n) is 6.56. The molecule has 1 aliphatic rings. The summed E-state index contributed by atoms with van der Waals surface area (Å²) >= 11 is 0. The molecule has 178 valence electrons. The zero-order valence-corrected chi connectivity index (χ0v) is 20.0. The predicted molar refractivity (Wildman–Crippen MR) is 130 cm³/mol. The fraction of sp³-hybridized carbons (Fsp3) is 0.320. The van der Waals surface area contributed by atoms with Crippen molar-refractivity contribution < 1.29 is 14.2 Å². The van der Waals surface area contributed by atoms with E-state index in [1.165, 1.54) is 0 Å². The highest BCUT2D eigenvalue weighted by molar-refractivity contribution is 6.12. The van der Waals surface area contributed by atoms with Gasteiger partial charge in [-0.25, -0.2) is 19.9 Å². The van der Waals surface area contributed by atoms with Crippen LogP contribution in [0.3, 0.4) is 0 Å². The number of aryl methyl sites for hydroxylation is 1. The monoisotopic (exact) mass is 471 g/mol. The SMILES string of the molecule is COc1ccc(Cn2c3ncncc3c3c(-c4c(OC)ncnc4C4CC4)n(C)nc32)c(OC)c1. The third-order valence-corrected chi connectivity index (χ3v) is 6.56. The number of nitrogens with zero attached hydrogens (tertiary/aromatic N) is 7. The van der Waals surface area contributed by atoms with Gasteiger partial charge in [-0.2, -0.15) is 5.10 Å². The maximum absolute atomic E-state index is 5.70. The van der Waals surface area contributed by atoms with Crippen molar-refractivity contribution in [2.45, 2.75) is 25.3 Å². The number of fused-ring (bicyclic) bond motifs is 3. The van der Waals surface area contributed by atoms with Crippen LogP contribution in [0.25, 0.3) is 33.3 Å². The Morgan fingerprint density at radius 1 is 0.971 bits per heavy atom. The summed E-state index contributed by atoms with van der Waals surface area (Å²) in [5, 5.41) is 6.80. The van der Waals surface area contributed by atoms with E-state index in [2.05, 4.69) is 24.5 Å².